The first kappa shape index (κ1) is 51.5. The topological polar surface area (TPSA) is 173 Å². The van der Waals surface area contributed by atoms with Gasteiger partial charge in [0.15, 0.2) is 17.4 Å². The Labute approximate surface area is 387 Å². The number of nitrogens with zero attached hydrogens (tertiary/aromatic N) is 6. The van der Waals surface area contributed by atoms with Crippen LogP contribution >= 0.6 is 0 Å². The normalized spacial score (nSPS) is 18.0. The van der Waals surface area contributed by atoms with Crippen LogP contribution in [0.15, 0.2) is 52.9 Å². The predicted molar refractivity (Wildman–Crippen MR) is 252 cm³/mol. The monoisotopic (exact) mass is 921 g/mol. The largest absolute Gasteiger partial charge is 0.378 e. The molecule has 4 N–H and O–H groups in total. The number of Topliss-reactive ketones (excluding diaryl/α,β-unsaturated/α-hetero) is 1. The van der Waals surface area contributed by atoms with Crippen molar-refractivity contribution in [3.8, 4) is 0 Å². The third-order valence-corrected chi connectivity index (χ3v) is 13.0. The van der Waals surface area contributed by atoms with Crippen LogP contribution in [-0.2, 0) is 26.2 Å². The van der Waals surface area contributed by atoms with Crippen LogP contribution in [0.5, 0.6) is 0 Å². The van der Waals surface area contributed by atoms with E-state index in [4.69, 9.17) is 4.74 Å². The number of amidine groups is 1. The molecule has 0 radical (unpaired) electrons. The van der Waals surface area contributed by atoms with E-state index in [9.17, 15) is 32.8 Å². The number of ether oxygens (including phenoxy) is 1. The van der Waals surface area contributed by atoms with Gasteiger partial charge in [0.1, 0.15) is 17.6 Å². The zero-order valence-electron chi connectivity index (χ0n) is 39.9. The van der Waals surface area contributed by atoms with Gasteiger partial charge in [-0.1, -0.05) is 32.8 Å². The van der Waals surface area contributed by atoms with E-state index in [-0.39, 0.29) is 85.0 Å². The maximum absolute atomic E-state index is 14.7. The highest BCUT2D eigenvalue weighted by atomic mass is 19.2. The zero-order valence-corrected chi connectivity index (χ0v) is 39.9. The summed E-state index contributed by atoms with van der Waals surface area (Å²) in [6.45, 7) is 18.6. The summed E-state index contributed by atoms with van der Waals surface area (Å²) in [6.07, 6.45) is 8.86. The summed E-state index contributed by atoms with van der Waals surface area (Å²) in [6, 6.07) is 0.841. The summed E-state index contributed by atoms with van der Waals surface area (Å²) < 4.78 is 36.6. The van der Waals surface area contributed by atoms with Gasteiger partial charge in [-0.15, -0.1) is 0 Å². The fourth-order valence-corrected chi connectivity index (χ4v) is 8.88. The number of aliphatic imine (C=N–C) groups is 1. The average Bonchev–Trinajstić information content (AvgIpc) is 3.58. The first-order valence-electron chi connectivity index (χ1n) is 23.3. The van der Waals surface area contributed by atoms with Gasteiger partial charge in [0.25, 0.3) is 11.8 Å². The molecular formula is C48H70F2N10O6. The molecule has 0 bridgehead atoms. The van der Waals surface area contributed by atoms with Crippen molar-refractivity contribution in [2.45, 2.75) is 85.2 Å². The molecule has 0 spiro atoms. The molecule has 1 aromatic heterocycles. The smallest absolute Gasteiger partial charge is 0.271 e. The highest BCUT2D eigenvalue weighted by molar-refractivity contribution is 6.16. The van der Waals surface area contributed by atoms with Crippen molar-refractivity contribution in [3.05, 3.63) is 70.8 Å². The maximum atomic E-state index is 14.7. The number of aromatic nitrogens is 1. The van der Waals surface area contributed by atoms with Crippen molar-refractivity contribution in [2.75, 3.05) is 85.7 Å². The van der Waals surface area contributed by atoms with Gasteiger partial charge in [-0.05, 0) is 72.1 Å². The Bertz CT molecular complexity index is 2180. The lowest BCUT2D eigenvalue weighted by molar-refractivity contribution is -0.140. The van der Waals surface area contributed by atoms with Crippen molar-refractivity contribution < 1.29 is 37.5 Å². The van der Waals surface area contributed by atoms with Gasteiger partial charge in [-0.2, -0.15) is 0 Å². The number of hydrogen-bond donors (Lipinski definition) is 4. The van der Waals surface area contributed by atoms with Gasteiger partial charge < -0.3 is 45.3 Å². The van der Waals surface area contributed by atoms with E-state index in [0.29, 0.717) is 36.7 Å². The number of carbonyl (C=O) groups excluding carboxylic acids is 5. The fraction of sp³-hybridized carbons (Fsp3) is 0.583. The number of nitrogens with one attached hydrogen (secondary N) is 4. The van der Waals surface area contributed by atoms with Gasteiger partial charge in [0, 0.05) is 107 Å². The standard InChI is InChI=1S/C48H70F2N10O6/c1-9-40(51-7)45(62)55-43(36-13-11-10-12-14-36)47(64)59-20-22-60(23-21-59)48(65)44-42(37-28-38(49)39(50)29-41(37)56(44)8)46(63)52-15-25-66-26-24-57-16-18-58(19-17-57)33(4)27-32(3)54-35(6)53-30-31(2)34(5)61/h27-30,36,40,43,51H,3,9-26H2,1-2,4-8H3,(H,52,63)(H,53,54)(H,55,62)/b31-30+,33-27+/t40-,43?/m0/s1. The summed E-state index contributed by atoms with van der Waals surface area (Å²) in [4.78, 5) is 78.9. The predicted octanol–water partition coefficient (Wildman–Crippen LogP) is 4.09. The maximum Gasteiger partial charge on any atom is 0.271 e. The molecule has 1 aliphatic carbocycles. The van der Waals surface area contributed by atoms with Crippen molar-refractivity contribution in [1.29, 1.82) is 0 Å². The minimum absolute atomic E-state index is 0.0133. The van der Waals surface area contributed by atoms with Crippen LogP contribution in [0.25, 0.3) is 10.9 Å². The van der Waals surface area contributed by atoms with E-state index in [2.05, 4.69) is 42.6 Å². The van der Waals surface area contributed by atoms with E-state index in [0.717, 1.165) is 76.1 Å². The second-order valence-corrected chi connectivity index (χ2v) is 17.5. The average molecular weight is 921 g/mol. The van der Waals surface area contributed by atoms with Gasteiger partial charge in [0.2, 0.25) is 11.8 Å². The molecule has 16 nitrogen and oxygen atoms in total. The number of carbonyl (C=O) groups is 5. The number of piperazine rings is 2. The van der Waals surface area contributed by atoms with Crippen LogP contribution in [0.4, 0.5) is 8.78 Å². The second-order valence-electron chi connectivity index (χ2n) is 17.5. The van der Waals surface area contributed by atoms with E-state index in [1.807, 2.05) is 26.8 Å². The molecular weight excluding hydrogens is 851 g/mol. The third-order valence-electron chi connectivity index (χ3n) is 13.0. The Morgan fingerprint density at radius 3 is 2.17 bits per heavy atom. The van der Waals surface area contributed by atoms with Gasteiger partial charge >= 0.3 is 0 Å². The molecule has 1 aromatic carbocycles. The van der Waals surface area contributed by atoms with E-state index in [1.54, 1.807) is 30.8 Å². The molecule has 2 aliphatic heterocycles. The number of fused-ring (bicyclic) bond motifs is 1. The SMILES string of the molecule is C=C(/C=C(\C)N1CCN(CCOCCNC(=O)c2c(C(=O)N3CCN(C(=O)C(NC(=O)[C@H](CC)NC)C4CCCCC4)CC3)n(C)c3cc(F)c(F)cc23)CC1)N/C(C)=N/C=C(\C)C(C)=O. The van der Waals surface area contributed by atoms with Crippen LogP contribution < -0.4 is 21.3 Å². The Morgan fingerprint density at radius 1 is 0.894 bits per heavy atom. The number of hydrogen-bond acceptors (Lipinski definition) is 10. The summed E-state index contributed by atoms with van der Waals surface area (Å²) in [7, 11) is 3.26. The Morgan fingerprint density at radius 2 is 1.53 bits per heavy atom. The van der Waals surface area contributed by atoms with Gasteiger partial charge in [-0.25, -0.2) is 13.8 Å². The zero-order chi connectivity index (χ0) is 48.1. The minimum atomic E-state index is -1.14. The molecule has 2 aromatic rings. The molecule has 4 amide bonds. The Balaban J connectivity index is 1.13. The molecule has 1 saturated carbocycles. The first-order valence-corrected chi connectivity index (χ1v) is 23.3. The number of halogens is 2. The van der Waals surface area contributed by atoms with Gasteiger partial charge in [0.05, 0.1) is 30.3 Å². The Kier molecular flexibility index (Phi) is 19.0. The van der Waals surface area contributed by atoms with Crippen LogP contribution in [0.2, 0.25) is 0 Å². The first-order chi connectivity index (χ1) is 31.5. The van der Waals surface area contributed by atoms with Crippen molar-refractivity contribution >= 4 is 46.2 Å². The van der Waals surface area contributed by atoms with E-state index >= 15 is 0 Å². The highest BCUT2D eigenvalue weighted by Gasteiger charge is 2.38. The number of rotatable bonds is 19. The molecule has 66 heavy (non-hydrogen) atoms. The van der Waals surface area contributed by atoms with Crippen LogP contribution in [0.1, 0.15) is 94.0 Å². The number of likely N-dealkylation sites (N-methyl/N-ethyl adjacent to an activating group) is 1. The summed E-state index contributed by atoms with van der Waals surface area (Å²) in [5.41, 5.74) is 2.44. The Hall–Kier alpha value is -5.46. The molecule has 3 heterocycles. The number of benzene rings is 1. The number of allylic oxidation sites excluding steroid dienone is 3. The quantitative estimate of drug-likeness (QED) is 0.0529. The number of amides is 4. The summed E-state index contributed by atoms with van der Waals surface area (Å²) in [5.74, 6) is -3.12. The molecule has 18 heteroatoms. The number of aryl methyl sites for hydroxylation is 1. The molecule has 3 fully saturated rings. The van der Waals surface area contributed by atoms with Crippen molar-refractivity contribution in [2.24, 2.45) is 18.0 Å². The molecule has 2 atom stereocenters. The van der Waals surface area contributed by atoms with E-state index < -0.39 is 35.5 Å². The second kappa shape index (κ2) is 24.3. The highest BCUT2D eigenvalue weighted by Crippen LogP contribution is 2.30. The van der Waals surface area contributed by atoms with Crippen molar-refractivity contribution in [1.82, 2.24) is 45.4 Å². The fourth-order valence-electron chi connectivity index (χ4n) is 8.88. The minimum Gasteiger partial charge on any atom is -0.378 e. The van der Waals surface area contributed by atoms with E-state index in [1.165, 1.54) is 17.7 Å². The third kappa shape index (κ3) is 13.3. The van der Waals surface area contributed by atoms with Crippen molar-refractivity contribution in [3.63, 3.8) is 0 Å². The number of ketones is 1. The summed E-state index contributed by atoms with van der Waals surface area (Å²) >= 11 is 0. The summed E-state index contributed by atoms with van der Waals surface area (Å²) in [5, 5.41) is 12.1. The van der Waals surface area contributed by atoms with Crippen LogP contribution in [0, 0.1) is 17.6 Å². The van der Waals surface area contributed by atoms with Gasteiger partial charge in [-0.3, -0.25) is 28.9 Å². The molecule has 3 aliphatic rings. The lowest BCUT2D eigenvalue weighted by Gasteiger charge is -2.39. The lowest BCUT2D eigenvalue weighted by atomic mass is 9.83. The molecule has 5 rings (SSSR count). The lowest BCUT2D eigenvalue weighted by Crippen LogP contribution is -2.59. The molecule has 1 unspecified atom stereocenters. The molecule has 362 valence electrons. The van der Waals surface area contributed by atoms with Crippen LogP contribution in [0.3, 0.4) is 0 Å². The van der Waals surface area contributed by atoms with Crippen LogP contribution in [-0.4, -0.2) is 157 Å². The molecule has 2 saturated heterocycles.